The number of likely N-dealkylation sites (tertiary alicyclic amines) is 1. The predicted octanol–water partition coefficient (Wildman–Crippen LogP) is 3.44. The molecule has 132 valence electrons. The highest BCUT2D eigenvalue weighted by Crippen LogP contribution is 2.37. The first-order chi connectivity index (χ1) is 11.2. The minimum absolute atomic E-state index is 0.239. The first-order valence-corrected chi connectivity index (χ1v) is 8.31. The first-order valence-electron chi connectivity index (χ1n) is 8.31. The second-order valence-corrected chi connectivity index (χ2v) is 7.41. The minimum atomic E-state index is -0.695. The molecular formula is C19H27NO4. The number of benzene rings is 1. The maximum Gasteiger partial charge on any atom is 0.410 e. The van der Waals surface area contributed by atoms with E-state index < -0.39 is 11.0 Å². The second-order valence-electron chi connectivity index (χ2n) is 7.41. The molecule has 1 fully saturated rings. The summed E-state index contributed by atoms with van der Waals surface area (Å²) in [6.07, 6.45) is 0.732. The highest BCUT2D eigenvalue weighted by molar-refractivity contribution is 5.84. The molecule has 1 saturated heterocycles. The van der Waals surface area contributed by atoms with Crippen molar-refractivity contribution in [2.24, 2.45) is 0 Å². The maximum absolute atomic E-state index is 12.5. The molecule has 5 heteroatoms. The summed E-state index contributed by atoms with van der Waals surface area (Å²) in [6.45, 7) is 8.49. The Hall–Kier alpha value is -2.04. The van der Waals surface area contributed by atoms with E-state index in [2.05, 4.69) is 0 Å². The fourth-order valence-electron chi connectivity index (χ4n) is 3.15. The van der Waals surface area contributed by atoms with Crippen molar-refractivity contribution in [1.82, 2.24) is 4.90 Å². The van der Waals surface area contributed by atoms with E-state index in [1.807, 2.05) is 52.0 Å². The molecule has 0 aromatic heterocycles. The van der Waals surface area contributed by atoms with Crippen LogP contribution >= 0.6 is 0 Å². The van der Waals surface area contributed by atoms with Crippen molar-refractivity contribution in [2.75, 3.05) is 20.2 Å². The lowest BCUT2D eigenvalue weighted by Crippen LogP contribution is -2.50. The van der Waals surface area contributed by atoms with Gasteiger partial charge in [-0.2, -0.15) is 0 Å². The van der Waals surface area contributed by atoms with Crippen molar-refractivity contribution in [1.29, 1.82) is 0 Å². The summed E-state index contributed by atoms with van der Waals surface area (Å²) in [6, 6.07) is 7.95. The fourth-order valence-corrected chi connectivity index (χ4v) is 3.15. The SMILES string of the molecule is COC(=O)C1(c2cccc(C)c2)CCN(C(=O)OC(C)(C)C)CC1. The van der Waals surface area contributed by atoms with Crippen LogP contribution in [0.1, 0.15) is 44.7 Å². The van der Waals surface area contributed by atoms with E-state index in [4.69, 9.17) is 9.47 Å². The Morgan fingerprint density at radius 3 is 2.29 bits per heavy atom. The summed E-state index contributed by atoms with van der Waals surface area (Å²) in [5, 5.41) is 0. The number of hydrogen-bond acceptors (Lipinski definition) is 4. The molecule has 24 heavy (non-hydrogen) atoms. The Kier molecular flexibility index (Phi) is 5.21. The third kappa shape index (κ3) is 3.89. The van der Waals surface area contributed by atoms with Crippen molar-refractivity contribution in [2.45, 2.75) is 51.6 Å². The van der Waals surface area contributed by atoms with E-state index in [9.17, 15) is 9.59 Å². The Morgan fingerprint density at radius 1 is 1.17 bits per heavy atom. The number of aryl methyl sites for hydroxylation is 1. The standard InChI is InChI=1S/C19H27NO4/c1-14-7-6-8-15(13-14)19(16(21)23-5)9-11-20(12-10-19)17(22)24-18(2,3)4/h6-8,13H,9-12H2,1-5H3. The molecule has 0 radical (unpaired) electrons. The normalized spacial score (nSPS) is 17.3. The molecule has 1 amide bonds. The van der Waals surface area contributed by atoms with Gasteiger partial charge in [0.1, 0.15) is 5.60 Å². The molecule has 1 aliphatic rings. The fraction of sp³-hybridized carbons (Fsp3) is 0.579. The maximum atomic E-state index is 12.5. The van der Waals surface area contributed by atoms with Crippen LogP contribution in [0.5, 0.6) is 0 Å². The van der Waals surface area contributed by atoms with Gasteiger partial charge in [-0.1, -0.05) is 29.8 Å². The van der Waals surface area contributed by atoms with Crippen LogP contribution in [0.25, 0.3) is 0 Å². The van der Waals surface area contributed by atoms with Crippen molar-refractivity contribution in [3.63, 3.8) is 0 Å². The van der Waals surface area contributed by atoms with Crippen LogP contribution in [0.2, 0.25) is 0 Å². The number of nitrogens with zero attached hydrogens (tertiary/aromatic N) is 1. The van der Waals surface area contributed by atoms with Gasteiger partial charge in [-0.05, 0) is 46.1 Å². The number of hydrogen-bond donors (Lipinski definition) is 0. The van der Waals surface area contributed by atoms with E-state index >= 15 is 0 Å². The number of piperidine rings is 1. The van der Waals surface area contributed by atoms with Crippen molar-refractivity contribution in [3.8, 4) is 0 Å². The molecule has 0 bridgehead atoms. The molecule has 0 atom stereocenters. The van der Waals surface area contributed by atoms with Gasteiger partial charge in [0.2, 0.25) is 0 Å². The summed E-state index contributed by atoms with van der Waals surface area (Å²) in [7, 11) is 1.42. The number of esters is 1. The zero-order chi connectivity index (χ0) is 18.0. The number of amides is 1. The van der Waals surface area contributed by atoms with E-state index in [1.165, 1.54) is 7.11 Å². The monoisotopic (exact) mass is 333 g/mol. The Balaban J connectivity index is 2.20. The average Bonchev–Trinajstić information content (AvgIpc) is 2.52. The summed E-state index contributed by atoms with van der Waals surface area (Å²) in [4.78, 5) is 26.5. The summed E-state index contributed by atoms with van der Waals surface area (Å²) < 4.78 is 10.5. The molecular weight excluding hydrogens is 306 g/mol. The zero-order valence-electron chi connectivity index (χ0n) is 15.2. The summed E-state index contributed by atoms with van der Waals surface area (Å²) in [5.41, 5.74) is 0.840. The van der Waals surface area contributed by atoms with E-state index in [0.717, 1.165) is 11.1 Å². The number of ether oxygens (including phenoxy) is 2. The van der Waals surface area contributed by atoms with Gasteiger partial charge in [0, 0.05) is 13.1 Å². The predicted molar refractivity (Wildman–Crippen MR) is 91.9 cm³/mol. The van der Waals surface area contributed by atoms with Gasteiger partial charge in [-0.3, -0.25) is 4.79 Å². The largest absolute Gasteiger partial charge is 0.468 e. The third-order valence-corrected chi connectivity index (χ3v) is 4.42. The lowest BCUT2D eigenvalue weighted by atomic mass is 9.72. The zero-order valence-corrected chi connectivity index (χ0v) is 15.2. The highest BCUT2D eigenvalue weighted by atomic mass is 16.6. The molecule has 1 aromatic rings. The smallest absolute Gasteiger partial charge is 0.410 e. The number of rotatable bonds is 2. The van der Waals surface area contributed by atoms with Gasteiger partial charge in [0.25, 0.3) is 0 Å². The molecule has 0 saturated carbocycles. The van der Waals surface area contributed by atoms with Crippen LogP contribution in [0.15, 0.2) is 24.3 Å². The van der Waals surface area contributed by atoms with Crippen LogP contribution in [-0.2, 0) is 19.7 Å². The second kappa shape index (κ2) is 6.83. The Morgan fingerprint density at radius 2 is 1.79 bits per heavy atom. The molecule has 0 aliphatic carbocycles. The van der Waals surface area contributed by atoms with E-state index in [0.29, 0.717) is 25.9 Å². The molecule has 0 N–H and O–H groups in total. The van der Waals surface area contributed by atoms with Crippen LogP contribution in [0, 0.1) is 6.92 Å². The van der Waals surface area contributed by atoms with Gasteiger partial charge < -0.3 is 14.4 Å². The lowest BCUT2D eigenvalue weighted by molar-refractivity contribution is -0.149. The van der Waals surface area contributed by atoms with E-state index in [-0.39, 0.29) is 12.1 Å². The summed E-state index contributed by atoms with van der Waals surface area (Å²) in [5.74, 6) is -0.239. The first kappa shape index (κ1) is 18.3. The Labute approximate surface area is 143 Å². The molecule has 1 aliphatic heterocycles. The van der Waals surface area contributed by atoms with Gasteiger partial charge in [-0.15, -0.1) is 0 Å². The molecule has 0 spiro atoms. The van der Waals surface area contributed by atoms with Gasteiger partial charge in [0.05, 0.1) is 12.5 Å². The van der Waals surface area contributed by atoms with Gasteiger partial charge in [0.15, 0.2) is 0 Å². The van der Waals surface area contributed by atoms with Crippen molar-refractivity contribution >= 4 is 12.1 Å². The van der Waals surface area contributed by atoms with Gasteiger partial charge >= 0.3 is 12.1 Å². The molecule has 2 rings (SSSR count). The molecule has 0 unspecified atom stereocenters. The van der Waals surface area contributed by atoms with Crippen molar-refractivity contribution < 1.29 is 19.1 Å². The van der Waals surface area contributed by atoms with Crippen LogP contribution in [0.4, 0.5) is 4.79 Å². The molecule has 5 nitrogen and oxygen atoms in total. The lowest BCUT2D eigenvalue weighted by Gasteiger charge is -2.40. The Bertz CT molecular complexity index is 610. The molecule has 1 aromatic carbocycles. The van der Waals surface area contributed by atoms with Crippen LogP contribution in [-0.4, -0.2) is 42.8 Å². The molecule has 1 heterocycles. The third-order valence-electron chi connectivity index (χ3n) is 4.42. The topological polar surface area (TPSA) is 55.8 Å². The summed E-state index contributed by atoms with van der Waals surface area (Å²) >= 11 is 0. The van der Waals surface area contributed by atoms with Gasteiger partial charge in [-0.25, -0.2) is 4.79 Å². The van der Waals surface area contributed by atoms with E-state index in [1.54, 1.807) is 4.90 Å². The average molecular weight is 333 g/mol. The van der Waals surface area contributed by atoms with Crippen LogP contribution in [0.3, 0.4) is 0 Å². The number of carbonyl (C=O) groups is 2. The minimum Gasteiger partial charge on any atom is -0.468 e. The number of carbonyl (C=O) groups excluding carboxylic acids is 2. The van der Waals surface area contributed by atoms with Crippen molar-refractivity contribution in [3.05, 3.63) is 35.4 Å². The highest BCUT2D eigenvalue weighted by Gasteiger charge is 2.45. The number of methoxy groups -OCH3 is 1. The van der Waals surface area contributed by atoms with Crippen LogP contribution < -0.4 is 0 Å². The quantitative estimate of drug-likeness (QED) is 0.778.